The minimum absolute atomic E-state index is 0.0541. The van der Waals surface area contributed by atoms with Gasteiger partial charge in [0.25, 0.3) is 5.91 Å². The number of nitrogens with one attached hydrogen (secondary N) is 1. The van der Waals surface area contributed by atoms with Crippen molar-refractivity contribution in [3.63, 3.8) is 0 Å². The number of hydrogen-bond acceptors (Lipinski definition) is 2. The quantitative estimate of drug-likeness (QED) is 0.881. The van der Waals surface area contributed by atoms with E-state index in [1.54, 1.807) is 0 Å². The number of nitrogens with zero attached hydrogens (tertiary/aromatic N) is 1. The van der Waals surface area contributed by atoms with E-state index in [1.807, 2.05) is 31.2 Å². The molecule has 4 nitrogen and oxygen atoms in total. The Hall–Kier alpha value is -2.69. The highest BCUT2D eigenvalue weighted by Gasteiger charge is 2.43. The van der Waals surface area contributed by atoms with E-state index < -0.39 is 0 Å². The Kier molecular flexibility index (Phi) is 5.16. The van der Waals surface area contributed by atoms with Crippen molar-refractivity contribution in [3.8, 4) is 0 Å². The molecule has 4 rings (SSSR count). The van der Waals surface area contributed by atoms with E-state index >= 15 is 0 Å². The Morgan fingerprint density at radius 1 is 1.00 bits per heavy atom. The number of fused-ring (bicyclic) bond motifs is 2. The molecule has 2 aliphatic heterocycles. The first-order chi connectivity index (χ1) is 13.5. The van der Waals surface area contributed by atoms with Crippen LogP contribution in [-0.2, 0) is 11.2 Å². The van der Waals surface area contributed by atoms with Gasteiger partial charge in [-0.25, -0.2) is 4.39 Å². The molecule has 2 aromatic rings. The molecule has 2 heterocycles. The fraction of sp³-hybridized carbons (Fsp3) is 0.391. The topological polar surface area (TPSA) is 49.4 Å². The summed E-state index contributed by atoms with van der Waals surface area (Å²) in [6, 6.07) is 14.1. The van der Waals surface area contributed by atoms with E-state index in [9.17, 15) is 14.0 Å². The largest absolute Gasteiger partial charge is 0.349 e. The van der Waals surface area contributed by atoms with Crippen molar-refractivity contribution in [2.24, 2.45) is 0 Å². The summed E-state index contributed by atoms with van der Waals surface area (Å²) in [5.41, 5.74) is 2.70. The molecule has 3 atom stereocenters. The SMILES string of the molecule is Cc1ccc(CC(=O)N2[C@@H]3CC[C@H]2CC(NC(=O)c2ccc(F)cc2)C3)cc1. The van der Waals surface area contributed by atoms with Gasteiger partial charge in [0.2, 0.25) is 5.91 Å². The van der Waals surface area contributed by atoms with E-state index in [1.165, 1.54) is 29.8 Å². The molecule has 2 fully saturated rings. The summed E-state index contributed by atoms with van der Waals surface area (Å²) < 4.78 is 13.0. The van der Waals surface area contributed by atoms with Crippen LogP contribution in [0.5, 0.6) is 0 Å². The molecule has 5 heteroatoms. The van der Waals surface area contributed by atoms with Crippen LogP contribution in [0.1, 0.15) is 47.2 Å². The standard InChI is InChI=1S/C23H25FN2O2/c1-15-2-4-16(5-3-15)12-22(27)26-20-10-11-21(26)14-19(13-20)25-23(28)17-6-8-18(24)9-7-17/h2-9,19-21H,10-14H2,1H3,(H,25,28)/t19?,20-,21+. The Morgan fingerprint density at radius 2 is 1.61 bits per heavy atom. The van der Waals surface area contributed by atoms with Crippen molar-refractivity contribution in [2.45, 2.75) is 57.2 Å². The van der Waals surface area contributed by atoms with E-state index in [-0.39, 0.29) is 35.8 Å². The van der Waals surface area contributed by atoms with E-state index in [4.69, 9.17) is 0 Å². The third kappa shape index (κ3) is 3.93. The molecular weight excluding hydrogens is 355 g/mol. The zero-order chi connectivity index (χ0) is 19.7. The average Bonchev–Trinajstić information content (AvgIpc) is 2.95. The van der Waals surface area contributed by atoms with Gasteiger partial charge in [-0.05, 0) is 62.4 Å². The second-order valence-corrected chi connectivity index (χ2v) is 8.00. The van der Waals surface area contributed by atoms with Crippen LogP contribution in [-0.4, -0.2) is 34.8 Å². The molecule has 0 aromatic heterocycles. The maximum absolute atomic E-state index is 13.0. The maximum Gasteiger partial charge on any atom is 0.251 e. The van der Waals surface area contributed by atoms with Gasteiger partial charge in [0.15, 0.2) is 0 Å². The van der Waals surface area contributed by atoms with Gasteiger partial charge >= 0.3 is 0 Å². The number of hydrogen-bond donors (Lipinski definition) is 1. The van der Waals surface area contributed by atoms with Gasteiger partial charge in [-0.1, -0.05) is 29.8 Å². The molecule has 0 spiro atoms. The van der Waals surface area contributed by atoms with E-state index in [0.29, 0.717) is 12.0 Å². The molecule has 2 bridgehead atoms. The minimum atomic E-state index is -0.352. The molecule has 146 valence electrons. The van der Waals surface area contributed by atoms with Crippen LogP contribution in [0, 0.1) is 12.7 Å². The van der Waals surface area contributed by atoms with Gasteiger partial charge < -0.3 is 10.2 Å². The number of carbonyl (C=O) groups excluding carboxylic acids is 2. The van der Waals surface area contributed by atoms with Crippen molar-refractivity contribution in [1.29, 1.82) is 0 Å². The van der Waals surface area contributed by atoms with Crippen molar-refractivity contribution in [1.82, 2.24) is 10.2 Å². The smallest absolute Gasteiger partial charge is 0.251 e. The zero-order valence-corrected chi connectivity index (χ0v) is 16.0. The summed E-state index contributed by atoms with van der Waals surface area (Å²) in [6.07, 6.45) is 3.98. The van der Waals surface area contributed by atoms with Crippen LogP contribution >= 0.6 is 0 Å². The van der Waals surface area contributed by atoms with Crippen molar-refractivity contribution < 1.29 is 14.0 Å². The number of benzene rings is 2. The first-order valence-corrected chi connectivity index (χ1v) is 9.93. The predicted octanol–water partition coefficient (Wildman–Crippen LogP) is 3.63. The fourth-order valence-corrected chi connectivity index (χ4v) is 4.54. The first-order valence-electron chi connectivity index (χ1n) is 9.93. The molecule has 2 aromatic carbocycles. The van der Waals surface area contributed by atoms with Crippen LogP contribution in [0.4, 0.5) is 4.39 Å². The number of piperidine rings is 1. The number of aryl methyl sites for hydroxylation is 1. The third-order valence-electron chi connectivity index (χ3n) is 5.94. The molecule has 1 N–H and O–H groups in total. The van der Waals surface area contributed by atoms with Crippen molar-refractivity contribution in [3.05, 3.63) is 71.0 Å². The van der Waals surface area contributed by atoms with Crippen LogP contribution in [0.15, 0.2) is 48.5 Å². The van der Waals surface area contributed by atoms with E-state index in [2.05, 4.69) is 10.2 Å². The van der Waals surface area contributed by atoms with Gasteiger partial charge in [-0.3, -0.25) is 9.59 Å². The molecule has 28 heavy (non-hydrogen) atoms. The molecule has 2 saturated heterocycles. The summed E-state index contributed by atoms with van der Waals surface area (Å²) in [7, 11) is 0. The average molecular weight is 380 g/mol. The first kappa shape index (κ1) is 18.7. The summed E-state index contributed by atoms with van der Waals surface area (Å²) in [6.45, 7) is 2.04. The molecule has 2 amide bonds. The molecule has 2 aliphatic rings. The fourth-order valence-electron chi connectivity index (χ4n) is 4.54. The molecule has 0 radical (unpaired) electrons. The molecular formula is C23H25FN2O2. The van der Waals surface area contributed by atoms with Crippen LogP contribution in [0.2, 0.25) is 0 Å². The normalized spacial score (nSPS) is 23.5. The Morgan fingerprint density at radius 3 is 2.21 bits per heavy atom. The number of rotatable bonds is 4. The van der Waals surface area contributed by atoms with Gasteiger partial charge in [0.05, 0.1) is 6.42 Å². The van der Waals surface area contributed by atoms with E-state index in [0.717, 1.165) is 31.2 Å². The summed E-state index contributed by atoms with van der Waals surface area (Å²) >= 11 is 0. The second-order valence-electron chi connectivity index (χ2n) is 8.00. The molecule has 1 unspecified atom stereocenters. The maximum atomic E-state index is 13.0. The summed E-state index contributed by atoms with van der Waals surface area (Å²) in [5.74, 6) is -0.349. The lowest BCUT2D eigenvalue weighted by Gasteiger charge is -2.39. The minimum Gasteiger partial charge on any atom is -0.349 e. The highest BCUT2D eigenvalue weighted by atomic mass is 19.1. The lowest BCUT2D eigenvalue weighted by Crippen LogP contribution is -2.52. The van der Waals surface area contributed by atoms with Gasteiger partial charge in [0, 0.05) is 23.7 Å². The summed E-state index contributed by atoms with van der Waals surface area (Å²) in [4.78, 5) is 27.4. The molecule has 0 saturated carbocycles. The van der Waals surface area contributed by atoms with Gasteiger partial charge in [-0.2, -0.15) is 0 Å². The Labute approximate surface area is 164 Å². The lowest BCUT2D eigenvalue weighted by molar-refractivity contribution is -0.135. The molecule has 0 aliphatic carbocycles. The monoisotopic (exact) mass is 380 g/mol. The van der Waals surface area contributed by atoms with Gasteiger partial charge in [-0.15, -0.1) is 0 Å². The van der Waals surface area contributed by atoms with Crippen LogP contribution < -0.4 is 5.32 Å². The highest BCUT2D eigenvalue weighted by Crippen LogP contribution is 2.36. The Bertz CT molecular complexity index is 849. The van der Waals surface area contributed by atoms with Crippen molar-refractivity contribution >= 4 is 11.8 Å². The van der Waals surface area contributed by atoms with Crippen molar-refractivity contribution in [2.75, 3.05) is 0 Å². The number of carbonyl (C=O) groups is 2. The summed E-state index contributed by atoms with van der Waals surface area (Å²) in [5, 5.41) is 3.07. The number of halogens is 1. The van der Waals surface area contributed by atoms with Gasteiger partial charge in [0.1, 0.15) is 5.82 Å². The second kappa shape index (κ2) is 7.74. The Balaban J connectivity index is 1.37. The van der Waals surface area contributed by atoms with Crippen LogP contribution in [0.25, 0.3) is 0 Å². The predicted molar refractivity (Wildman–Crippen MR) is 105 cm³/mol. The highest BCUT2D eigenvalue weighted by molar-refractivity contribution is 5.94. The van der Waals surface area contributed by atoms with Crippen LogP contribution in [0.3, 0.4) is 0 Å². The third-order valence-corrected chi connectivity index (χ3v) is 5.94. The number of amides is 2. The lowest BCUT2D eigenvalue weighted by atomic mass is 9.96. The zero-order valence-electron chi connectivity index (χ0n) is 16.0.